The lowest BCUT2D eigenvalue weighted by atomic mass is 9.86. The van der Waals surface area contributed by atoms with Gasteiger partial charge >= 0.3 is 0 Å². The highest BCUT2D eigenvalue weighted by Gasteiger charge is 2.24. The van der Waals surface area contributed by atoms with Crippen LogP contribution < -0.4 is 4.90 Å². The first kappa shape index (κ1) is 17.9. The van der Waals surface area contributed by atoms with E-state index in [0.717, 1.165) is 5.56 Å². The minimum Gasteiger partial charge on any atom is -0.352 e. The van der Waals surface area contributed by atoms with Crippen LogP contribution in [0, 0.1) is 11.3 Å². The van der Waals surface area contributed by atoms with Crippen molar-refractivity contribution in [3.8, 4) is 6.07 Å². The quantitative estimate of drug-likeness (QED) is 0.836. The van der Waals surface area contributed by atoms with E-state index in [1.807, 2.05) is 29.2 Å². The molecule has 1 aliphatic heterocycles. The third-order valence-corrected chi connectivity index (χ3v) is 4.77. The highest BCUT2D eigenvalue weighted by Crippen LogP contribution is 2.23. The number of hydrogen-bond donors (Lipinski definition) is 0. The summed E-state index contributed by atoms with van der Waals surface area (Å²) in [5.41, 5.74) is 2.60. The Bertz CT molecular complexity index is 822. The zero-order chi connectivity index (χ0) is 18.7. The normalized spacial score (nSPS) is 14.8. The molecule has 0 bridgehead atoms. The molecule has 5 heteroatoms. The largest absolute Gasteiger partial charge is 0.352 e. The second-order valence-electron chi connectivity index (χ2n) is 7.59. The highest BCUT2D eigenvalue weighted by atomic mass is 16.2. The fourth-order valence-electron chi connectivity index (χ4n) is 3.15. The number of carbonyl (C=O) groups is 1. The molecular weight excluding hydrogens is 324 g/mol. The van der Waals surface area contributed by atoms with Gasteiger partial charge < -0.3 is 9.80 Å². The van der Waals surface area contributed by atoms with Gasteiger partial charge in [-0.25, -0.2) is 4.98 Å². The lowest BCUT2D eigenvalue weighted by molar-refractivity contribution is 0.0746. The summed E-state index contributed by atoms with van der Waals surface area (Å²) in [7, 11) is 0. The van der Waals surface area contributed by atoms with E-state index in [2.05, 4.69) is 36.7 Å². The van der Waals surface area contributed by atoms with E-state index in [-0.39, 0.29) is 11.3 Å². The summed E-state index contributed by atoms with van der Waals surface area (Å²) < 4.78 is 0. The summed E-state index contributed by atoms with van der Waals surface area (Å²) >= 11 is 0. The molecule has 2 heterocycles. The monoisotopic (exact) mass is 348 g/mol. The molecule has 1 aliphatic rings. The molecule has 1 saturated heterocycles. The smallest absolute Gasteiger partial charge is 0.253 e. The molecule has 0 saturated carbocycles. The van der Waals surface area contributed by atoms with Crippen molar-refractivity contribution in [1.82, 2.24) is 9.88 Å². The Balaban J connectivity index is 1.66. The molecule has 2 aromatic rings. The molecule has 1 fully saturated rings. The van der Waals surface area contributed by atoms with Crippen LogP contribution in [0.5, 0.6) is 0 Å². The number of amides is 1. The number of anilines is 1. The van der Waals surface area contributed by atoms with Crippen LogP contribution in [0.15, 0.2) is 42.6 Å². The van der Waals surface area contributed by atoms with Gasteiger partial charge in [-0.3, -0.25) is 4.79 Å². The number of piperazine rings is 1. The second-order valence-corrected chi connectivity index (χ2v) is 7.59. The van der Waals surface area contributed by atoms with Gasteiger partial charge in [0.2, 0.25) is 0 Å². The first-order valence-electron chi connectivity index (χ1n) is 8.90. The highest BCUT2D eigenvalue weighted by molar-refractivity contribution is 5.94. The first-order chi connectivity index (χ1) is 12.4. The minimum absolute atomic E-state index is 0.0617. The van der Waals surface area contributed by atoms with Gasteiger partial charge in [-0.15, -0.1) is 0 Å². The zero-order valence-electron chi connectivity index (χ0n) is 15.6. The van der Waals surface area contributed by atoms with Crippen LogP contribution >= 0.6 is 0 Å². The number of carbonyl (C=O) groups excluding carboxylic acids is 1. The van der Waals surface area contributed by atoms with E-state index >= 15 is 0 Å². The maximum Gasteiger partial charge on any atom is 0.253 e. The lowest BCUT2D eigenvalue weighted by Gasteiger charge is -2.35. The van der Waals surface area contributed by atoms with Crippen molar-refractivity contribution in [3.05, 3.63) is 59.3 Å². The van der Waals surface area contributed by atoms with Gasteiger partial charge in [0, 0.05) is 37.9 Å². The number of benzene rings is 1. The molecule has 0 unspecified atom stereocenters. The summed E-state index contributed by atoms with van der Waals surface area (Å²) in [6, 6.07) is 13.6. The van der Waals surface area contributed by atoms with Crippen LogP contribution in [0.2, 0.25) is 0 Å². The fraction of sp³-hybridized carbons (Fsp3) is 0.381. The Morgan fingerprint density at radius 2 is 1.73 bits per heavy atom. The Kier molecular flexibility index (Phi) is 4.94. The number of hydrogen-bond acceptors (Lipinski definition) is 4. The third kappa shape index (κ3) is 3.70. The van der Waals surface area contributed by atoms with Gasteiger partial charge in [-0.1, -0.05) is 32.9 Å². The Morgan fingerprint density at radius 3 is 2.31 bits per heavy atom. The van der Waals surface area contributed by atoms with Gasteiger partial charge in [0.25, 0.3) is 5.91 Å². The molecule has 0 radical (unpaired) electrons. The van der Waals surface area contributed by atoms with Crippen LogP contribution in [0.4, 0.5) is 5.82 Å². The molecule has 1 aromatic carbocycles. The molecule has 26 heavy (non-hydrogen) atoms. The molecule has 0 aliphatic carbocycles. The van der Waals surface area contributed by atoms with Crippen molar-refractivity contribution in [1.29, 1.82) is 5.26 Å². The van der Waals surface area contributed by atoms with Crippen LogP contribution in [-0.2, 0) is 5.41 Å². The van der Waals surface area contributed by atoms with Crippen LogP contribution in [0.3, 0.4) is 0 Å². The number of nitriles is 1. The van der Waals surface area contributed by atoms with Gasteiger partial charge in [0.1, 0.15) is 11.9 Å². The average molecular weight is 348 g/mol. The molecule has 3 rings (SSSR count). The second kappa shape index (κ2) is 7.17. The van der Waals surface area contributed by atoms with E-state index in [9.17, 15) is 10.1 Å². The predicted octanol–water partition coefficient (Wildman–Crippen LogP) is 3.21. The summed E-state index contributed by atoms with van der Waals surface area (Å²) in [4.78, 5) is 21.0. The molecular formula is C21H24N4O. The summed E-state index contributed by atoms with van der Waals surface area (Å²) in [5.74, 6) is 0.767. The van der Waals surface area contributed by atoms with E-state index < -0.39 is 0 Å². The summed E-state index contributed by atoms with van der Waals surface area (Å²) in [6.07, 6.45) is 1.70. The number of nitrogens with zero attached hydrogens (tertiary/aromatic N) is 4. The van der Waals surface area contributed by atoms with E-state index in [1.165, 1.54) is 5.56 Å². The average Bonchev–Trinajstić information content (AvgIpc) is 2.67. The zero-order valence-corrected chi connectivity index (χ0v) is 15.6. The molecule has 0 N–H and O–H groups in total. The Morgan fingerprint density at radius 1 is 1.08 bits per heavy atom. The van der Waals surface area contributed by atoms with E-state index in [0.29, 0.717) is 37.6 Å². The van der Waals surface area contributed by atoms with Crippen molar-refractivity contribution in [3.63, 3.8) is 0 Å². The topological polar surface area (TPSA) is 60.2 Å². The SMILES string of the molecule is CC(C)(C)c1ccc(C(=O)N2CCN(c3ncccc3C#N)CC2)cc1. The molecule has 0 atom stereocenters. The van der Waals surface area contributed by atoms with Crippen LogP contribution in [0.25, 0.3) is 0 Å². The standard InChI is InChI=1S/C21H24N4O/c1-21(2,3)18-8-6-16(7-9-18)20(26)25-13-11-24(12-14-25)19-17(15-22)5-4-10-23-19/h4-10H,11-14H2,1-3H3. The third-order valence-electron chi connectivity index (χ3n) is 4.77. The van der Waals surface area contributed by atoms with Crippen molar-refractivity contribution in [2.75, 3.05) is 31.1 Å². The Hall–Kier alpha value is -2.87. The van der Waals surface area contributed by atoms with Crippen molar-refractivity contribution < 1.29 is 4.79 Å². The maximum atomic E-state index is 12.8. The van der Waals surface area contributed by atoms with Crippen LogP contribution in [0.1, 0.15) is 42.3 Å². The van der Waals surface area contributed by atoms with E-state index in [1.54, 1.807) is 18.3 Å². The van der Waals surface area contributed by atoms with E-state index in [4.69, 9.17) is 0 Å². The number of rotatable bonds is 2. The maximum absolute atomic E-state index is 12.8. The van der Waals surface area contributed by atoms with Crippen molar-refractivity contribution in [2.24, 2.45) is 0 Å². The first-order valence-corrected chi connectivity index (χ1v) is 8.90. The molecule has 134 valence electrons. The van der Waals surface area contributed by atoms with Crippen molar-refractivity contribution in [2.45, 2.75) is 26.2 Å². The molecule has 1 amide bonds. The molecule has 0 spiro atoms. The predicted molar refractivity (Wildman–Crippen MR) is 102 cm³/mol. The van der Waals surface area contributed by atoms with Gasteiger partial charge in [-0.05, 0) is 35.2 Å². The lowest BCUT2D eigenvalue weighted by Crippen LogP contribution is -2.49. The van der Waals surface area contributed by atoms with Crippen molar-refractivity contribution >= 4 is 11.7 Å². The Labute approximate surface area is 154 Å². The molecule has 5 nitrogen and oxygen atoms in total. The van der Waals surface area contributed by atoms with Gasteiger partial charge in [-0.2, -0.15) is 5.26 Å². The summed E-state index contributed by atoms with van der Waals surface area (Å²) in [5, 5.41) is 9.24. The van der Waals surface area contributed by atoms with Gasteiger partial charge in [0.15, 0.2) is 0 Å². The minimum atomic E-state index is 0.0617. The fourth-order valence-corrected chi connectivity index (χ4v) is 3.15. The van der Waals surface area contributed by atoms with Crippen LogP contribution in [-0.4, -0.2) is 42.0 Å². The molecule has 1 aromatic heterocycles. The number of aromatic nitrogens is 1. The number of pyridine rings is 1. The summed E-state index contributed by atoms with van der Waals surface area (Å²) in [6.45, 7) is 9.10. The van der Waals surface area contributed by atoms with Gasteiger partial charge in [0.05, 0.1) is 5.56 Å².